The molecule has 0 bridgehead atoms. The Morgan fingerprint density at radius 3 is 2.70 bits per heavy atom. The number of aryl methyl sites for hydroxylation is 2. The van der Waals surface area contributed by atoms with Crippen molar-refractivity contribution in [3.8, 4) is 22.6 Å². The molecular formula is C34H33F2N7O3. The number of carbonyl (C=O) groups is 1. The molecule has 2 aliphatic heterocycles. The van der Waals surface area contributed by atoms with Crippen LogP contribution in [-0.4, -0.2) is 67.8 Å². The first-order chi connectivity index (χ1) is 22.1. The van der Waals surface area contributed by atoms with Gasteiger partial charge in [-0.25, -0.2) is 13.6 Å². The number of hydrogen-bond acceptors (Lipinski definition) is 7. The summed E-state index contributed by atoms with van der Waals surface area (Å²) < 4.78 is 42.1. The fourth-order valence-electron chi connectivity index (χ4n) is 6.89. The predicted octanol–water partition coefficient (Wildman–Crippen LogP) is 5.33. The molecular weight excluding hydrogens is 592 g/mol. The van der Waals surface area contributed by atoms with Gasteiger partial charge in [0.25, 0.3) is 0 Å². The fourth-order valence-corrected chi connectivity index (χ4v) is 6.89. The van der Waals surface area contributed by atoms with Crippen molar-refractivity contribution in [1.29, 1.82) is 0 Å². The van der Waals surface area contributed by atoms with E-state index in [-0.39, 0.29) is 52.5 Å². The number of benzene rings is 2. The van der Waals surface area contributed by atoms with Crippen molar-refractivity contribution >= 4 is 33.5 Å². The summed E-state index contributed by atoms with van der Waals surface area (Å²) in [5.41, 5.74) is 1.98. The van der Waals surface area contributed by atoms with Gasteiger partial charge in [-0.2, -0.15) is 10.1 Å². The number of halogens is 2. The minimum absolute atomic E-state index is 0.0570. The summed E-state index contributed by atoms with van der Waals surface area (Å²) in [7, 11) is 0. The highest BCUT2D eigenvalue weighted by molar-refractivity contribution is 6.04. The van der Waals surface area contributed by atoms with Crippen LogP contribution in [0.1, 0.15) is 43.0 Å². The van der Waals surface area contributed by atoms with Crippen molar-refractivity contribution in [3.05, 3.63) is 82.2 Å². The van der Waals surface area contributed by atoms with Gasteiger partial charge in [-0.3, -0.25) is 19.4 Å². The minimum Gasteiger partial charge on any atom is -0.490 e. The fraction of sp³-hybridized carbons (Fsp3) is 0.324. The number of amides is 1. The van der Waals surface area contributed by atoms with Crippen LogP contribution in [-0.2, 0) is 4.79 Å². The SMILES string of the molecule is C=CC(=O)N1CCN2c3nc(=O)n(-c4c(C)ccnc4C(C)C)c4c(F)c(-c5c(C)ccc6[nH]ncc56)c(F)c(c34)OCCC2C1. The standard InChI is InChI=1S/C34H33F2N7O3/c1-6-23(44)41-12-13-42-20(16-41)10-14-46-32-26-31(27(35)25(28(32)36)24-18(4)7-8-22-21(24)15-38-40-22)43(34(45)39-33(26)42)30-19(5)9-11-37-29(30)17(2)3/h6-9,11,15,17,20H,1,10,12-14,16H2,2-5H3,(H,38,40). The van der Waals surface area contributed by atoms with Gasteiger partial charge in [0.1, 0.15) is 11.3 Å². The van der Waals surface area contributed by atoms with Gasteiger partial charge in [-0.1, -0.05) is 26.5 Å². The number of carbonyl (C=O) groups excluding carboxylic acids is 1. The van der Waals surface area contributed by atoms with Crippen LogP contribution in [0.25, 0.3) is 38.6 Å². The number of aromatic nitrogens is 5. The van der Waals surface area contributed by atoms with Crippen molar-refractivity contribution in [3.63, 3.8) is 0 Å². The molecule has 1 saturated heterocycles. The van der Waals surface area contributed by atoms with E-state index in [0.717, 1.165) is 0 Å². The van der Waals surface area contributed by atoms with E-state index in [9.17, 15) is 9.59 Å². The average molecular weight is 626 g/mol. The molecule has 46 heavy (non-hydrogen) atoms. The van der Waals surface area contributed by atoms with Crippen molar-refractivity contribution in [2.45, 2.75) is 46.1 Å². The number of nitrogens with zero attached hydrogens (tertiary/aromatic N) is 6. The predicted molar refractivity (Wildman–Crippen MR) is 172 cm³/mol. The van der Waals surface area contributed by atoms with Crippen molar-refractivity contribution in [2.75, 3.05) is 31.1 Å². The highest BCUT2D eigenvalue weighted by Crippen LogP contribution is 2.47. The highest BCUT2D eigenvalue weighted by atomic mass is 19.1. The molecule has 1 N–H and O–H groups in total. The third kappa shape index (κ3) is 4.38. The molecule has 0 aliphatic carbocycles. The Hall–Kier alpha value is -5.13. The molecule has 2 aliphatic rings. The molecule has 1 atom stereocenters. The van der Waals surface area contributed by atoms with E-state index in [1.807, 2.05) is 25.7 Å². The van der Waals surface area contributed by atoms with Gasteiger partial charge < -0.3 is 14.5 Å². The minimum atomic E-state index is -0.923. The molecule has 2 aromatic carbocycles. The molecule has 1 unspecified atom stereocenters. The van der Waals surface area contributed by atoms with Crippen LogP contribution in [0.2, 0.25) is 0 Å². The Balaban J connectivity index is 1.63. The van der Waals surface area contributed by atoms with E-state index >= 15 is 8.78 Å². The molecule has 1 fully saturated rings. The number of anilines is 1. The number of ether oxygens (including phenoxy) is 1. The Morgan fingerprint density at radius 1 is 1.13 bits per heavy atom. The summed E-state index contributed by atoms with van der Waals surface area (Å²) in [5, 5.41) is 7.59. The van der Waals surface area contributed by atoms with Gasteiger partial charge in [0.15, 0.2) is 17.4 Å². The van der Waals surface area contributed by atoms with Crippen LogP contribution in [0.15, 0.2) is 48.0 Å². The lowest BCUT2D eigenvalue weighted by Gasteiger charge is -2.43. The van der Waals surface area contributed by atoms with Crippen LogP contribution in [0.3, 0.4) is 0 Å². The number of rotatable bonds is 4. The van der Waals surface area contributed by atoms with Gasteiger partial charge in [0.2, 0.25) is 5.91 Å². The van der Waals surface area contributed by atoms with E-state index in [1.54, 1.807) is 36.2 Å². The zero-order valence-electron chi connectivity index (χ0n) is 26.0. The third-order valence-corrected chi connectivity index (χ3v) is 9.10. The summed E-state index contributed by atoms with van der Waals surface area (Å²) in [6, 6.07) is 5.01. The van der Waals surface area contributed by atoms with Gasteiger partial charge >= 0.3 is 5.69 Å². The Bertz CT molecular complexity index is 2140. The maximum atomic E-state index is 17.6. The number of aromatic amines is 1. The first-order valence-corrected chi connectivity index (χ1v) is 15.3. The number of pyridine rings is 1. The smallest absolute Gasteiger partial charge is 0.354 e. The molecule has 0 saturated carbocycles. The van der Waals surface area contributed by atoms with Crippen molar-refractivity contribution in [2.24, 2.45) is 0 Å². The molecule has 0 spiro atoms. The second kappa shape index (κ2) is 11.0. The van der Waals surface area contributed by atoms with E-state index in [4.69, 9.17) is 4.74 Å². The second-order valence-corrected chi connectivity index (χ2v) is 12.2. The lowest BCUT2D eigenvalue weighted by atomic mass is 9.93. The zero-order chi connectivity index (χ0) is 32.4. The number of piperazine rings is 1. The quantitative estimate of drug-likeness (QED) is 0.269. The number of hydrogen-bond donors (Lipinski definition) is 1. The van der Waals surface area contributed by atoms with Crippen molar-refractivity contribution in [1.82, 2.24) is 29.6 Å². The molecule has 12 heteroatoms. The molecule has 236 valence electrons. The zero-order valence-corrected chi connectivity index (χ0v) is 26.0. The third-order valence-electron chi connectivity index (χ3n) is 9.10. The van der Waals surface area contributed by atoms with Gasteiger partial charge in [0.05, 0.1) is 46.7 Å². The van der Waals surface area contributed by atoms with Crippen molar-refractivity contribution < 1.29 is 18.3 Å². The van der Waals surface area contributed by atoms with Crippen LogP contribution in [0.4, 0.5) is 14.6 Å². The molecule has 5 heterocycles. The lowest BCUT2D eigenvalue weighted by Crippen LogP contribution is -2.56. The molecule has 1 amide bonds. The average Bonchev–Trinajstić information content (AvgIpc) is 3.51. The van der Waals surface area contributed by atoms with Gasteiger partial charge in [-0.05, 0) is 49.1 Å². The molecule has 10 nitrogen and oxygen atoms in total. The largest absolute Gasteiger partial charge is 0.490 e. The second-order valence-electron chi connectivity index (χ2n) is 12.2. The lowest BCUT2D eigenvalue weighted by molar-refractivity contribution is -0.126. The monoisotopic (exact) mass is 625 g/mol. The normalized spacial score (nSPS) is 16.4. The van der Waals surface area contributed by atoms with E-state index in [1.165, 1.54) is 16.8 Å². The molecule has 3 aromatic heterocycles. The maximum Gasteiger partial charge on any atom is 0.354 e. The van der Waals surface area contributed by atoms with E-state index in [2.05, 4.69) is 26.7 Å². The molecule has 7 rings (SSSR count). The summed E-state index contributed by atoms with van der Waals surface area (Å²) in [6.07, 6.45) is 4.86. The first kappa shape index (κ1) is 29.6. The number of H-pyrrole nitrogens is 1. The van der Waals surface area contributed by atoms with E-state index in [0.29, 0.717) is 65.0 Å². The van der Waals surface area contributed by atoms with E-state index < -0.39 is 17.3 Å². The Labute approximate surface area is 263 Å². The topological polar surface area (TPSA) is 109 Å². The molecule has 5 aromatic rings. The van der Waals surface area contributed by atoms with Crippen LogP contribution in [0, 0.1) is 25.5 Å². The molecule has 0 radical (unpaired) electrons. The maximum absolute atomic E-state index is 17.6. The Kier molecular flexibility index (Phi) is 7.10. The van der Waals surface area contributed by atoms with Crippen LogP contribution >= 0.6 is 0 Å². The van der Waals surface area contributed by atoms with Crippen LogP contribution in [0.5, 0.6) is 5.75 Å². The summed E-state index contributed by atoms with van der Waals surface area (Å²) in [6.45, 7) is 12.1. The summed E-state index contributed by atoms with van der Waals surface area (Å²) >= 11 is 0. The summed E-state index contributed by atoms with van der Waals surface area (Å²) in [4.78, 5) is 39.4. The van der Waals surface area contributed by atoms with Crippen LogP contribution < -0.4 is 15.3 Å². The number of nitrogens with one attached hydrogen (secondary N) is 1. The first-order valence-electron chi connectivity index (χ1n) is 15.3. The summed E-state index contributed by atoms with van der Waals surface area (Å²) in [5.74, 6) is -2.21. The van der Waals surface area contributed by atoms with Gasteiger partial charge in [-0.15, -0.1) is 0 Å². The highest BCUT2D eigenvalue weighted by Gasteiger charge is 2.37. The Morgan fingerprint density at radius 2 is 1.93 bits per heavy atom. The number of fused-ring (bicyclic) bond motifs is 3. The van der Waals surface area contributed by atoms with Gasteiger partial charge in [0, 0.05) is 43.2 Å².